The molecule has 1 aliphatic heterocycles. The summed E-state index contributed by atoms with van der Waals surface area (Å²) in [6, 6.07) is 4.35. The summed E-state index contributed by atoms with van der Waals surface area (Å²) in [7, 11) is 0. The first-order chi connectivity index (χ1) is 7.10. The summed E-state index contributed by atoms with van der Waals surface area (Å²) >= 11 is 0. The summed E-state index contributed by atoms with van der Waals surface area (Å²) in [6.07, 6.45) is 1.28. The maximum atomic E-state index is 13.8. The van der Waals surface area contributed by atoms with Crippen molar-refractivity contribution in [3.8, 4) is 5.75 Å². The Kier molecular flexibility index (Phi) is 2.61. The average molecular weight is 213 g/mol. The van der Waals surface area contributed by atoms with Crippen molar-refractivity contribution >= 4 is 0 Å². The fourth-order valence-electron chi connectivity index (χ4n) is 1.88. The first-order valence-electron chi connectivity index (χ1n) is 5.01. The van der Waals surface area contributed by atoms with Crippen molar-refractivity contribution in [2.24, 2.45) is 0 Å². The lowest BCUT2D eigenvalue weighted by Gasteiger charge is -2.23. The number of phenols is 1. The molecule has 2 rings (SSSR count). The topological polar surface area (TPSA) is 32.3 Å². The van der Waals surface area contributed by atoms with E-state index in [2.05, 4.69) is 5.32 Å². The molecule has 0 amide bonds. The van der Waals surface area contributed by atoms with Gasteiger partial charge in [-0.15, -0.1) is 0 Å². The number of phenolic OH excluding ortho intramolecular Hbond substituents is 1. The van der Waals surface area contributed by atoms with E-state index in [4.69, 9.17) is 5.11 Å². The van der Waals surface area contributed by atoms with Crippen molar-refractivity contribution in [3.05, 3.63) is 29.8 Å². The van der Waals surface area contributed by atoms with Gasteiger partial charge in [0.2, 0.25) is 0 Å². The van der Waals surface area contributed by atoms with Crippen LogP contribution in [-0.4, -0.2) is 17.7 Å². The molecule has 0 spiro atoms. The fourth-order valence-corrected chi connectivity index (χ4v) is 1.88. The molecule has 1 fully saturated rings. The van der Waals surface area contributed by atoms with Crippen LogP contribution in [0, 0.1) is 0 Å². The highest BCUT2D eigenvalue weighted by Crippen LogP contribution is 2.35. The molecular formula is C11H13F2NO. The number of aromatic hydroxyl groups is 1. The highest BCUT2D eigenvalue weighted by molar-refractivity contribution is 5.29. The summed E-state index contributed by atoms with van der Waals surface area (Å²) in [5, 5.41) is 11.8. The van der Waals surface area contributed by atoms with Crippen LogP contribution in [0.15, 0.2) is 24.3 Å². The van der Waals surface area contributed by atoms with Gasteiger partial charge < -0.3 is 10.4 Å². The summed E-state index contributed by atoms with van der Waals surface area (Å²) in [4.78, 5) is 0. The van der Waals surface area contributed by atoms with E-state index in [9.17, 15) is 8.78 Å². The van der Waals surface area contributed by atoms with Crippen molar-refractivity contribution in [1.29, 1.82) is 0 Å². The Hall–Kier alpha value is -1.16. The van der Waals surface area contributed by atoms with Gasteiger partial charge in [0.15, 0.2) is 0 Å². The van der Waals surface area contributed by atoms with E-state index in [1.54, 1.807) is 0 Å². The predicted octanol–water partition coefficient (Wildman–Crippen LogP) is 2.24. The lowest BCUT2D eigenvalue weighted by Crippen LogP contribution is -2.38. The molecule has 1 aliphatic rings. The molecule has 1 saturated heterocycles. The van der Waals surface area contributed by atoms with Gasteiger partial charge in [0, 0.05) is 5.56 Å². The second-order valence-electron chi connectivity index (χ2n) is 3.82. The molecule has 0 radical (unpaired) electrons. The molecule has 2 nitrogen and oxygen atoms in total. The van der Waals surface area contributed by atoms with Crippen LogP contribution in [0.3, 0.4) is 0 Å². The molecule has 15 heavy (non-hydrogen) atoms. The Morgan fingerprint density at radius 3 is 2.47 bits per heavy atom. The Balaban J connectivity index is 2.23. The molecule has 0 aromatic heterocycles. The van der Waals surface area contributed by atoms with E-state index in [0.29, 0.717) is 13.0 Å². The first-order valence-corrected chi connectivity index (χ1v) is 5.01. The van der Waals surface area contributed by atoms with Crippen LogP contribution < -0.4 is 5.32 Å². The van der Waals surface area contributed by atoms with Gasteiger partial charge in [0.05, 0.1) is 6.04 Å². The molecule has 82 valence electrons. The highest BCUT2D eigenvalue weighted by Gasteiger charge is 2.42. The van der Waals surface area contributed by atoms with Crippen molar-refractivity contribution in [1.82, 2.24) is 5.32 Å². The Morgan fingerprint density at radius 2 is 1.93 bits per heavy atom. The summed E-state index contributed by atoms with van der Waals surface area (Å²) in [5.74, 6) is -2.85. The predicted molar refractivity (Wildman–Crippen MR) is 53.0 cm³/mol. The zero-order valence-corrected chi connectivity index (χ0v) is 8.21. The number of halogens is 2. The number of alkyl halides is 2. The van der Waals surface area contributed by atoms with E-state index >= 15 is 0 Å². The van der Waals surface area contributed by atoms with Crippen molar-refractivity contribution < 1.29 is 13.9 Å². The van der Waals surface area contributed by atoms with Crippen LogP contribution in [0.5, 0.6) is 5.75 Å². The van der Waals surface area contributed by atoms with Crippen LogP contribution in [-0.2, 0) is 5.92 Å². The SMILES string of the molecule is Oc1ccc(C(F)(F)C2CCCN2)cc1. The summed E-state index contributed by atoms with van der Waals surface area (Å²) in [5.41, 5.74) is -0.0419. The van der Waals surface area contributed by atoms with E-state index in [1.165, 1.54) is 24.3 Å². The molecule has 4 heteroatoms. The third kappa shape index (κ3) is 1.95. The Morgan fingerprint density at radius 1 is 1.27 bits per heavy atom. The van der Waals surface area contributed by atoms with Crippen molar-refractivity contribution in [2.75, 3.05) is 6.54 Å². The fraction of sp³-hybridized carbons (Fsp3) is 0.455. The molecule has 0 aliphatic carbocycles. The molecule has 0 saturated carbocycles. The maximum Gasteiger partial charge on any atom is 0.288 e. The van der Waals surface area contributed by atoms with Crippen LogP contribution in [0.4, 0.5) is 8.78 Å². The maximum absolute atomic E-state index is 13.8. The number of benzene rings is 1. The summed E-state index contributed by atoms with van der Waals surface area (Å²) < 4.78 is 27.7. The van der Waals surface area contributed by atoms with Crippen LogP contribution in [0.25, 0.3) is 0 Å². The minimum atomic E-state index is -2.86. The van der Waals surface area contributed by atoms with Gasteiger partial charge in [-0.05, 0) is 43.7 Å². The van der Waals surface area contributed by atoms with Crippen LogP contribution in [0.1, 0.15) is 18.4 Å². The number of hydrogen-bond acceptors (Lipinski definition) is 2. The molecule has 0 bridgehead atoms. The lowest BCUT2D eigenvalue weighted by molar-refractivity contribution is -0.0376. The van der Waals surface area contributed by atoms with Gasteiger partial charge in [0.1, 0.15) is 5.75 Å². The van der Waals surface area contributed by atoms with Gasteiger partial charge in [-0.3, -0.25) is 0 Å². The second kappa shape index (κ2) is 3.77. The minimum Gasteiger partial charge on any atom is -0.508 e. The zero-order chi connectivity index (χ0) is 10.9. The quantitative estimate of drug-likeness (QED) is 0.789. The third-order valence-electron chi connectivity index (χ3n) is 2.75. The molecule has 1 aromatic carbocycles. The van der Waals surface area contributed by atoms with E-state index in [-0.39, 0.29) is 11.3 Å². The first kappa shape index (κ1) is 10.4. The largest absolute Gasteiger partial charge is 0.508 e. The third-order valence-corrected chi connectivity index (χ3v) is 2.75. The lowest BCUT2D eigenvalue weighted by atomic mass is 10.00. The molecule has 1 heterocycles. The van der Waals surface area contributed by atoms with E-state index < -0.39 is 12.0 Å². The van der Waals surface area contributed by atoms with Gasteiger partial charge >= 0.3 is 0 Å². The average Bonchev–Trinajstić information content (AvgIpc) is 2.71. The van der Waals surface area contributed by atoms with Crippen LogP contribution in [0.2, 0.25) is 0 Å². The van der Waals surface area contributed by atoms with Gasteiger partial charge in [-0.2, -0.15) is 8.78 Å². The standard InChI is InChI=1S/C11H13F2NO/c12-11(13,10-2-1-7-14-10)8-3-5-9(15)6-4-8/h3-6,10,14-15H,1-2,7H2. The molecule has 1 aromatic rings. The molecule has 1 atom stereocenters. The number of rotatable bonds is 2. The van der Waals surface area contributed by atoms with Gasteiger partial charge in [0.25, 0.3) is 5.92 Å². The number of nitrogens with one attached hydrogen (secondary N) is 1. The second-order valence-corrected chi connectivity index (χ2v) is 3.82. The van der Waals surface area contributed by atoms with Crippen LogP contribution >= 0.6 is 0 Å². The summed E-state index contributed by atoms with van der Waals surface area (Å²) in [6.45, 7) is 0.651. The molecule has 1 unspecified atom stereocenters. The monoisotopic (exact) mass is 213 g/mol. The zero-order valence-electron chi connectivity index (χ0n) is 8.21. The van der Waals surface area contributed by atoms with E-state index in [0.717, 1.165) is 6.42 Å². The van der Waals surface area contributed by atoms with Crippen molar-refractivity contribution in [3.63, 3.8) is 0 Å². The molecule has 2 N–H and O–H groups in total. The Bertz CT molecular complexity index is 331. The normalized spacial score (nSPS) is 21.9. The minimum absolute atomic E-state index is 0.00827. The Labute approximate surface area is 86.9 Å². The van der Waals surface area contributed by atoms with E-state index in [1.807, 2.05) is 0 Å². The number of hydrogen-bond donors (Lipinski definition) is 2. The van der Waals surface area contributed by atoms with Gasteiger partial charge in [-0.1, -0.05) is 0 Å². The van der Waals surface area contributed by atoms with Gasteiger partial charge in [-0.25, -0.2) is 0 Å². The van der Waals surface area contributed by atoms with Crippen molar-refractivity contribution in [2.45, 2.75) is 24.8 Å². The smallest absolute Gasteiger partial charge is 0.288 e. The highest BCUT2D eigenvalue weighted by atomic mass is 19.3. The molecular weight excluding hydrogens is 200 g/mol.